The van der Waals surface area contributed by atoms with Crippen LogP contribution in [0.5, 0.6) is 0 Å². The molecule has 2 fully saturated rings. The second-order valence-corrected chi connectivity index (χ2v) is 16.3. The molecule has 290 valence electrons. The summed E-state index contributed by atoms with van der Waals surface area (Å²) in [7, 11) is 4.98. The highest BCUT2D eigenvalue weighted by Gasteiger charge is 2.40. The number of nitrogens with zero attached hydrogens (tertiary/aromatic N) is 4. The number of esters is 2. The molecule has 14 nitrogen and oxygen atoms in total. The van der Waals surface area contributed by atoms with Crippen molar-refractivity contribution in [1.29, 1.82) is 0 Å². The van der Waals surface area contributed by atoms with Crippen molar-refractivity contribution in [2.75, 3.05) is 41.0 Å². The number of rotatable bonds is 18. The van der Waals surface area contributed by atoms with E-state index in [1.54, 1.807) is 24.3 Å². The van der Waals surface area contributed by atoms with Crippen LogP contribution in [0.15, 0.2) is 10.8 Å². The number of thiazole rings is 2. The van der Waals surface area contributed by atoms with E-state index in [2.05, 4.69) is 15.6 Å². The summed E-state index contributed by atoms with van der Waals surface area (Å²) in [5, 5.41) is 22.6. The summed E-state index contributed by atoms with van der Waals surface area (Å²) >= 11 is 2.78. The van der Waals surface area contributed by atoms with Crippen molar-refractivity contribution in [2.45, 2.75) is 110 Å². The zero-order chi connectivity index (χ0) is 38.1. The Morgan fingerprint density at radius 1 is 1.13 bits per heavy atom. The van der Waals surface area contributed by atoms with E-state index in [0.717, 1.165) is 30.0 Å². The minimum atomic E-state index is -1.18. The third kappa shape index (κ3) is 11.2. The molecule has 2 aromatic heterocycles. The second kappa shape index (κ2) is 19.3. The molecule has 7 atom stereocenters. The van der Waals surface area contributed by atoms with Crippen LogP contribution in [0, 0.1) is 24.7 Å². The number of morpholine rings is 1. The SMILES string of the molecule is COC(=O)[C@@H](C)C[C@H](Cc1nc(C)cs1)NC(O)c1csc([C@@H](C[C@H](C(C)C)N(C)C(=O)[C@@H](NC(=O)[C@H]2COCCN2C)C2CCC2)OC(C)=O)n1. The number of carbonyl (C=O) groups excluding carboxylic acids is 4. The van der Waals surface area contributed by atoms with Gasteiger partial charge >= 0.3 is 11.9 Å². The first-order valence-electron chi connectivity index (χ1n) is 18.1. The summed E-state index contributed by atoms with van der Waals surface area (Å²) in [6.07, 6.45) is 1.91. The van der Waals surface area contributed by atoms with Gasteiger partial charge in [-0.25, -0.2) is 9.97 Å². The molecule has 1 aliphatic heterocycles. The number of aromatic nitrogens is 2. The number of carbonyl (C=O) groups is 4. The van der Waals surface area contributed by atoms with Gasteiger partial charge in [0.05, 0.1) is 36.9 Å². The monoisotopic (exact) mass is 764 g/mol. The normalized spacial score (nSPS) is 20.2. The lowest BCUT2D eigenvalue weighted by Gasteiger charge is -2.41. The molecule has 1 unspecified atom stereocenters. The fourth-order valence-corrected chi connectivity index (χ4v) is 8.50. The van der Waals surface area contributed by atoms with Gasteiger partial charge in [-0.05, 0) is 45.1 Å². The Hall–Kier alpha value is -3.02. The molecule has 52 heavy (non-hydrogen) atoms. The van der Waals surface area contributed by atoms with Crippen LogP contribution in [-0.4, -0.2) is 114 Å². The van der Waals surface area contributed by atoms with Crippen LogP contribution >= 0.6 is 22.7 Å². The van der Waals surface area contributed by atoms with Crippen molar-refractivity contribution in [3.8, 4) is 0 Å². The van der Waals surface area contributed by atoms with E-state index in [-0.39, 0.29) is 54.7 Å². The van der Waals surface area contributed by atoms with Gasteiger partial charge in [0.25, 0.3) is 0 Å². The fraction of sp³-hybridized carbons (Fsp3) is 0.722. The summed E-state index contributed by atoms with van der Waals surface area (Å²) in [5.41, 5.74) is 1.25. The van der Waals surface area contributed by atoms with E-state index in [0.29, 0.717) is 36.7 Å². The Kier molecular flexibility index (Phi) is 15.5. The molecule has 16 heteroatoms. The summed E-state index contributed by atoms with van der Waals surface area (Å²) in [5.74, 6) is -1.63. The lowest BCUT2D eigenvalue weighted by molar-refractivity contribution is -0.150. The zero-order valence-electron chi connectivity index (χ0n) is 31.6. The molecule has 0 spiro atoms. The molecule has 1 saturated carbocycles. The first kappa shape index (κ1) is 41.7. The van der Waals surface area contributed by atoms with Gasteiger partial charge in [-0.15, -0.1) is 22.7 Å². The van der Waals surface area contributed by atoms with Gasteiger partial charge < -0.3 is 29.5 Å². The summed E-state index contributed by atoms with van der Waals surface area (Å²) in [6, 6.07) is -1.82. The topological polar surface area (TPSA) is 173 Å². The smallest absolute Gasteiger partial charge is 0.308 e. The van der Waals surface area contributed by atoms with Crippen LogP contribution in [0.2, 0.25) is 0 Å². The number of likely N-dealkylation sites (N-methyl/N-ethyl adjacent to an activating group) is 2. The highest BCUT2D eigenvalue weighted by Crippen LogP contribution is 2.34. The van der Waals surface area contributed by atoms with E-state index >= 15 is 0 Å². The lowest BCUT2D eigenvalue weighted by Crippen LogP contribution is -2.60. The lowest BCUT2D eigenvalue weighted by atomic mass is 9.78. The number of nitrogens with one attached hydrogen (secondary N) is 2. The van der Waals surface area contributed by atoms with Crippen LogP contribution in [0.1, 0.15) is 93.5 Å². The van der Waals surface area contributed by atoms with Gasteiger partial charge in [0.15, 0.2) is 6.10 Å². The van der Waals surface area contributed by atoms with Crippen LogP contribution in [0.25, 0.3) is 0 Å². The third-order valence-corrected chi connectivity index (χ3v) is 12.0. The summed E-state index contributed by atoms with van der Waals surface area (Å²) in [6.45, 7) is 10.5. The number of aliphatic hydroxyl groups is 1. The van der Waals surface area contributed by atoms with E-state index < -0.39 is 36.3 Å². The second-order valence-electron chi connectivity index (χ2n) is 14.5. The van der Waals surface area contributed by atoms with Crippen LogP contribution in [-0.2, 0) is 39.8 Å². The molecule has 1 saturated heterocycles. The Morgan fingerprint density at radius 2 is 1.87 bits per heavy atom. The third-order valence-electron chi connectivity index (χ3n) is 10.1. The average Bonchev–Trinajstić information content (AvgIpc) is 3.73. The predicted octanol–water partition coefficient (Wildman–Crippen LogP) is 3.39. The molecule has 0 aromatic carbocycles. The predicted molar refractivity (Wildman–Crippen MR) is 197 cm³/mol. The van der Waals surface area contributed by atoms with Crippen molar-refractivity contribution >= 4 is 46.4 Å². The number of aliphatic hydroxyl groups excluding tert-OH is 1. The number of hydrogen-bond acceptors (Lipinski definition) is 14. The van der Waals surface area contributed by atoms with Gasteiger partial charge in [0.1, 0.15) is 23.3 Å². The van der Waals surface area contributed by atoms with Crippen LogP contribution in [0.4, 0.5) is 0 Å². The van der Waals surface area contributed by atoms with Gasteiger partial charge in [-0.2, -0.15) is 0 Å². The molecular formula is C36H56N6O8S2. The Bertz CT molecular complexity index is 1500. The highest BCUT2D eigenvalue weighted by molar-refractivity contribution is 7.10. The Balaban J connectivity index is 1.50. The van der Waals surface area contributed by atoms with Crippen molar-refractivity contribution in [3.05, 3.63) is 32.2 Å². The Morgan fingerprint density at radius 3 is 2.44 bits per heavy atom. The number of amides is 2. The fourth-order valence-electron chi connectivity index (χ4n) is 6.77. The van der Waals surface area contributed by atoms with E-state index in [4.69, 9.17) is 19.2 Å². The number of methoxy groups -OCH3 is 1. The van der Waals surface area contributed by atoms with Gasteiger partial charge in [0, 0.05) is 61.9 Å². The van der Waals surface area contributed by atoms with Gasteiger partial charge in [-0.1, -0.05) is 27.2 Å². The average molecular weight is 765 g/mol. The molecule has 3 heterocycles. The molecule has 2 aliphatic rings. The van der Waals surface area contributed by atoms with Crippen LogP contribution < -0.4 is 10.6 Å². The van der Waals surface area contributed by atoms with E-state index in [9.17, 15) is 24.3 Å². The van der Waals surface area contributed by atoms with Gasteiger partial charge in [-0.3, -0.25) is 29.4 Å². The number of aryl methyl sites for hydroxylation is 1. The van der Waals surface area contributed by atoms with Crippen molar-refractivity contribution in [2.24, 2.45) is 17.8 Å². The van der Waals surface area contributed by atoms with E-state index in [1.807, 2.05) is 38.1 Å². The minimum Gasteiger partial charge on any atom is -0.469 e. The molecule has 2 aromatic rings. The van der Waals surface area contributed by atoms with Crippen molar-refractivity contribution < 1.29 is 38.5 Å². The molecule has 4 rings (SSSR count). The maximum atomic E-state index is 14.2. The molecule has 1 aliphatic carbocycles. The molecule has 2 amide bonds. The Labute approximate surface area is 315 Å². The summed E-state index contributed by atoms with van der Waals surface area (Å²) in [4.78, 5) is 65.1. The largest absolute Gasteiger partial charge is 0.469 e. The maximum Gasteiger partial charge on any atom is 0.308 e. The van der Waals surface area contributed by atoms with E-state index in [1.165, 1.54) is 36.7 Å². The zero-order valence-corrected chi connectivity index (χ0v) is 33.3. The maximum absolute atomic E-state index is 14.2. The van der Waals surface area contributed by atoms with Gasteiger partial charge in [0.2, 0.25) is 11.8 Å². The first-order valence-corrected chi connectivity index (χ1v) is 19.8. The standard InChI is InChI=1S/C36H56N6O8S2/c1-20(2)27(42(7)35(46)31(24-10-9-11-24)40-33(45)28-17-49-13-12-41(28)6)16-29(50-23(5)43)34-39-26(19-52-34)32(44)38-25(14-21(3)36(47)48-8)15-30-37-22(4)18-51-30/h18-21,24-25,27-29,31-32,38,44H,9-17H2,1-8H3,(H,40,45)/t21-,25+,27+,28+,29+,31-,32?/m0/s1. The molecule has 0 radical (unpaired) electrons. The molecule has 0 bridgehead atoms. The van der Waals surface area contributed by atoms with Crippen molar-refractivity contribution in [3.63, 3.8) is 0 Å². The molecule has 3 N–H and O–H groups in total. The number of hydrogen-bond donors (Lipinski definition) is 3. The highest BCUT2D eigenvalue weighted by atomic mass is 32.1. The summed E-state index contributed by atoms with van der Waals surface area (Å²) < 4.78 is 16.3. The van der Waals surface area contributed by atoms with Crippen LogP contribution in [0.3, 0.4) is 0 Å². The quantitative estimate of drug-likeness (QED) is 0.150. The first-order chi connectivity index (χ1) is 24.7. The number of ether oxygens (including phenoxy) is 3. The van der Waals surface area contributed by atoms with Crippen molar-refractivity contribution in [1.82, 2.24) is 30.4 Å². The molecular weight excluding hydrogens is 709 g/mol. The minimum absolute atomic E-state index is 0.0265.